The minimum absolute atomic E-state index is 0.803. The summed E-state index contributed by atoms with van der Waals surface area (Å²) in [7, 11) is 6.68. The van der Waals surface area contributed by atoms with Crippen molar-refractivity contribution in [2.45, 2.75) is 0 Å². The molecule has 0 N–H and O–H groups in total. The number of fused-ring (bicyclic) bond motifs is 5. The van der Waals surface area contributed by atoms with Crippen molar-refractivity contribution in [2.75, 3.05) is 0 Å². The summed E-state index contributed by atoms with van der Waals surface area (Å²) in [6, 6.07) is 29.0. The standard InChI is InChI=1S/C22H13Si3/c23-25(24)20-8-7-16-13-22-18(10-19(16)11-20)6-5-17-9-14-3-1-2-4-15(14)12-21(17)22/h1-13H. The van der Waals surface area contributed by atoms with Gasteiger partial charge in [-0.3, -0.25) is 0 Å². The maximum atomic E-state index is 3.74. The third kappa shape index (κ3) is 2.47. The lowest BCUT2D eigenvalue weighted by molar-refractivity contribution is 1.79. The third-order valence-corrected chi connectivity index (χ3v) is 7.57. The van der Waals surface area contributed by atoms with Gasteiger partial charge in [0.15, 0.2) is 0 Å². The predicted molar refractivity (Wildman–Crippen MR) is 113 cm³/mol. The van der Waals surface area contributed by atoms with Crippen molar-refractivity contribution < 1.29 is 0 Å². The Morgan fingerprint density at radius 3 is 1.64 bits per heavy atom. The molecule has 7 radical (unpaired) electrons. The molecule has 0 amide bonds. The first-order chi connectivity index (χ1) is 12.2. The zero-order valence-corrected chi connectivity index (χ0v) is 16.5. The third-order valence-electron chi connectivity index (χ3n) is 4.95. The molecule has 0 unspecified atom stereocenters. The normalized spacial score (nSPS) is 12.0. The van der Waals surface area contributed by atoms with Crippen molar-refractivity contribution in [1.29, 1.82) is 0 Å². The number of rotatable bonds is 1. The minimum Gasteiger partial charge on any atom is -0.0682 e. The van der Waals surface area contributed by atoms with E-state index in [1.807, 2.05) is 0 Å². The van der Waals surface area contributed by atoms with Crippen LogP contribution in [0.5, 0.6) is 0 Å². The van der Waals surface area contributed by atoms with Gasteiger partial charge in [-0.2, -0.15) is 0 Å². The van der Waals surface area contributed by atoms with Gasteiger partial charge in [-0.15, -0.1) is 0 Å². The van der Waals surface area contributed by atoms with Gasteiger partial charge in [0.1, 0.15) is 0 Å². The van der Waals surface area contributed by atoms with Crippen LogP contribution in [0.4, 0.5) is 0 Å². The summed E-state index contributed by atoms with van der Waals surface area (Å²) in [6.07, 6.45) is 0. The molecular weight excluding hydrogens is 349 g/mol. The molecule has 5 rings (SSSR count). The molecule has 3 heteroatoms. The largest absolute Gasteiger partial charge is 0.0682 e. The van der Waals surface area contributed by atoms with E-state index >= 15 is 0 Å². The smallest absolute Gasteiger partial charge is 0.0512 e. The van der Waals surface area contributed by atoms with Crippen molar-refractivity contribution in [2.24, 2.45) is 0 Å². The Hall–Kier alpha value is -2.21. The highest BCUT2D eigenvalue weighted by Gasteiger charge is 2.07. The highest BCUT2D eigenvalue weighted by atomic mass is 29.5. The Labute approximate surface area is 154 Å². The highest BCUT2D eigenvalue weighted by molar-refractivity contribution is 7.35. The van der Waals surface area contributed by atoms with Crippen LogP contribution >= 0.6 is 0 Å². The Balaban J connectivity index is 1.87. The van der Waals surface area contributed by atoms with Crippen LogP contribution in [-0.2, 0) is 0 Å². The molecule has 0 saturated carbocycles. The van der Waals surface area contributed by atoms with Crippen LogP contribution in [0, 0.1) is 0 Å². The quantitative estimate of drug-likeness (QED) is 0.237. The molecule has 0 atom stereocenters. The van der Waals surface area contributed by atoms with Gasteiger partial charge in [-0.05, 0) is 67.4 Å². The molecule has 0 fully saturated rings. The zero-order valence-electron chi connectivity index (χ0n) is 13.5. The van der Waals surface area contributed by atoms with Crippen molar-refractivity contribution in [1.82, 2.24) is 0 Å². The summed E-state index contributed by atoms with van der Waals surface area (Å²) in [5.74, 6) is 0. The molecule has 0 spiro atoms. The lowest BCUT2D eigenvalue weighted by atomic mass is 9.96. The second-order valence-electron chi connectivity index (χ2n) is 6.50. The summed E-state index contributed by atoms with van der Waals surface area (Å²) in [4.78, 5) is 0. The molecule has 0 heterocycles. The van der Waals surface area contributed by atoms with Gasteiger partial charge in [0.25, 0.3) is 0 Å². The fourth-order valence-electron chi connectivity index (χ4n) is 3.65. The van der Waals surface area contributed by atoms with Crippen molar-refractivity contribution in [3.8, 4) is 0 Å². The van der Waals surface area contributed by atoms with Crippen LogP contribution in [-0.4, -0.2) is 27.4 Å². The molecule has 25 heavy (non-hydrogen) atoms. The number of hydrogen-bond acceptors (Lipinski definition) is 0. The fraction of sp³-hybridized carbons (Fsp3) is 0. The zero-order chi connectivity index (χ0) is 17.0. The van der Waals surface area contributed by atoms with Gasteiger partial charge in [0, 0.05) is 19.5 Å². The van der Waals surface area contributed by atoms with E-state index in [2.05, 4.69) is 98.4 Å². The van der Waals surface area contributed by atoms with Gasteiger partial charge in [0.2, 0.25) is 0 Å². The summed E-state index contributed by atoms with van der Waals surface area (Å²) < 4.78 is 0. The molecule has 0 bridgehead atoms. The average molecular weight is 362 g/mol. The summed E-state index contributed by atoms with van der Waals surface area (Å²) in [6.45, 7) is 0. The maximum absolute atomic E-state index is 3.74. The first-order valence-electron chi connectivity index (χ1n) is 8.29. The summed E-state index contributed by atoms with van der Waals surface area (Å²) in [5, 5.41) is 11.8. The van der Waals surface area contributed by atoms with Crippen LogP contribution < -0.4 is 5.19 Å². The van der Waals surface area contributed by atoms with E-state index in [-0.39, 0.29) is 0 Å². The van der Waals surface area contributed by atoms with Crippen LogP contribution in [0.15, 0.2) is 78.9 Å². The van der Waals surface area contributed by atoms with E-state index in [1.54, 1.807) is 0 Å². The van der Waals surface area contributed by atoms with Gasteiger partial charge < -0.3 is 0 Å². The van der Waals surface area contributed by atoms with E-state index in [1.165, 1.54) is 48.3 Å². The lowest BCUT2D eigenvalue weighted by Gasteiger charge is -2.10. The minimum atomic E-state index is -0.803. The Bertz CT molecular complexity index is 1270. The van der Waals surface area contributed by atoms with E-state index in [9.17, 15) is 0 Å². The molecule has 0 aliphatic rings. The topological polar surface area (TPSA) is 0 Å². The molecule has 5 aromatic rings. The first kappa shape index (κ1) is 15.1. The first-order valence-corrected chi connectivity index (χ1v) is 12.8. The van der Waals surface area contributed by atoms with Gasteiger partial charge in [0.05, 0.1) is 7.83 Å². The molecule has 0 nitrogen and oxygen atoms in total. The maximum Gasteiger partial charge on any atom is 0.0512 e. The van der Waals surface area contributed by atoms with Gasteiger partial charge in [-0.1, -0.05) is 59.8 Å². The predicted octanol–water partition coefficient (Wildman–Crippen LogP) is 4.33. The second kappa shape index (κ2) is 5.66. The van der Waals surface area contributed by atoms with Crippen LogP contribution in [0.25, 0.3) is 43.1 Å². The highest BCUT2D eigenvalue weighted by Crippen LogP contribution is 2.32. The van der Waals surface area contributed by atoms with Crippen molar-refractivity contribution >= 4 is 75.6 Å². The van der Waals surface area contributed by atoms with Crippen molar-refractivity contribution in [3.63, 3.8) is 0 Å². The van der Waals surface area contributed by atoms with E-state index in [4.69, 9.17) is 0 Å². The Morgan fingerprint density at radius 1 is 0.480 bits per heavy atom. The fourth-order valence-corrected chi connectivity index (χ4v) is 5.13. The molecule has 5 aromatic carbocycles. The summed E-state index contributed by atoms with van der Waals surface area (Å²) in [5.41, 5.74) is 0. The Morgan fingerprint density at radius 2 is 1.00 bits per heavy atom. The molecule has 0 aliphatic carbocycles. The van der Waals surface area contributed by atoms with E-state index in [0.29, 0.717) is 0 Å². The molecule has 113 valence electrons. The molecule has 0 aliphatic heterocycles. The average Bonchev–Trinajstić information content (AvgIpc) is 2.64. The molecule has 0 aromatic heterocycles. The molecule has 0 saturated heterocycles. The second-order valence-corrected chi connectivity index (χ2v) is 12.3. The number of hydrogen-bond donors (Lipinski definition) is 0. The molecular formula is C22H13Si3. The van der Waals surface area contributed by atoms with Gasteiger partial charge >= 0.3 is 0 Å². The SMILES string of the molecule is [Si][Si]([Si])c1ccc2cc3c(ccc4cc5ccccc5cc43)cc2c1. The monoisotopic (exact) mass is 361 g/mol. The lowest BCUT2D eigenvalue weighted by Crippen LogP contribution is -2.31. The van der Waals surface area contributed by atoms with E-state index < -0.39 is 7.83 Å². The van der Waals surface area contributed by atoms with Crippen LogP contribution in [0.3, 0.4) is 0 Å². The Kier molecular flexibility index (Phi) is 3.41. The van der Waals surface area contributed by atoms with Crippen molar-refractivity contribution in [3.05, 3.63) is 78.9 Å². The number of benzene rings is 5. The van der Waals surface area contributed by atoms with Crippen LogP contribution in [0.2, 0.25) is 0 Å². The van der Waals surface area contributed by atoms with E-state index in [0.717, 1.165) is 0 Å². The van der Waals surface area contributed by atoms with Gasteiger partial charge in [-0.25, -0.2) is 0 Å². The van der Waals surface area contributed by atoms with Crippen LogP contribution in [0.1, 0.15) is 0 Å². The summed E-state index contributed by atoms with van der Waals surface area (Å²) >= 11 is 0.